The Morgan fingerprint density at radius 1 is 1.00 bits per heavy atom. The van der Waals surface area contributed by atoms with E-state index < -0.39 is 5.97 Å². The van der Waals surface area contributed by atoms with Crippen LogP contribution >= 0.6 is 0 Å². The van der Waals surface area contributed by atoms with Crippen LogP contribution in [0.2, 0.25) is 0 Å². The first-order chi connectivity index (χ1) is 14.0. The number of pyridine rings is 1. The summed E-state index contributed by atoms with van der Waals surface area (Å²) in [4.78, 5) is 16.7. The van der Waals surface area contributed by atoms with Crippen LogP contribution in [-0.4, -0.2) is 44.0 Å². The third-order valence-corrected chi connectivity index (χ3v) is 4.45. The molecule has 0 saturated carbocycles. The molecule has 0 saturated heterocycles. The zero-order valence-corrected chi connectivity index (χ0v) is 16.8. The van der Waals surface area contributed by atoms with Crippen molar-refractivity contribution in [3.05, 3.63) is 42.0 Å². The maximum Gasteiger partial charge on any atom is 0.336 e. The van der Waals surface area contributed by atoms with Gasteiger partial charge in [-0.3, -0.25) is 0 Å². The molecule has 1 aromatic heterocycles. The number of nitrogens with zero attached hydrogens (tertiary/aromatic N) is 1. The van der Waals surface area contributed by atoms with Gasteiger partial charge in [0.05, 0.1) is 50.1 Å². The van der Waals surface area contributed by atoms with E-state index in [9.17, 15) is 9.90 Å². The highest BCUT2D eigenvalue weighted by Gasteiger charge is 2.23. The fourth-order valence-corrected chi connectivity index (χ4v) is 3.12. The highest BCUT2D eigenvalue weighted by atomic mass is 16.5. The molecule has 7 heteroatoms. The largest absolute Gasteiger partial charge is 0.494 e. The number of hydrogen-bond donors (Lipinski definition) is 1. The predicted molar refractivity (Wildman–Crippen MR) is 110 cm³/mol. The topological polar surface area (TPSA) is 87.1 Å². The number of carbonyl (C=O) groups is 1. The summed E-state index contributed by atoms with van der Waals surface area (Å²) in [7, 11) is 4.42. The Bertz CT molecular complexity index is 1030. The molecule has 0 aliphatic heterocycles. The average molecular weight is 397 g/mol. The first-order valence-electron chi connectivity index (χ1n) is 9.14. The van der Waals surface area contributed by atoms with E-state index in [2.05, 4.69) is 4.98 Å². The molecule has 152 valence electrons. The fraction of sp³-hybridized carbons (Fsp3) is 0.273. The third-order valence-electron chi connectivity index (χ3n) is 4.45. The molecule has 29 heavy (non-hydrogen) atoms. The summed E-state index contributed by atoms with van der Waals surface area (Å²) in [5.74, 6) is 0.648. The summed E-state index contributed by atoms with van der Waals surface area (Å²) < 4.78 is 21.8. The normalized spacial score (nSPS) is 10.6. The number of hydrogen-bond acceptors (Lipinski definition) is 6. The van der Waals surface area contributed by atoms with Crippen LogP contribution in [-0.2, 0) is 0 Å². The van der Waals surface area contributed by atoms with Gasteiger partial charge < -0.3 is 24.1 Å². The zero-order valence-electron chi connectivity index (χ0n) is 16.8. The summed E-state index contributed by atoms with van der Waals surface area (Å²) in [5.41, 5.74) is 1.79. The molecule has 0 aliphatic rings. The second kappa shape index (κ2) is 8.68. The van der Waals surface area contributed by atoms with E-state index in [4.69, 9.17) is 18.9 Å². The van der Waals surface area contributed by atoms with E-state index in [1.807, 2.05) is 31.2 Å². The molecule has 3 aromatic rings. The van der Waals surface area contributed by atoms with Crippen molar-refractivity contribution in [2.24, 2.45) is 0 Å². The molecule has 0 fully saturated rings. The van der Waals surface area contributed by atoms with Crippen LogP contribution in [0.1, 0.15) is 23.7 Å². The maximum atomic E-state index is 12.0. The second-order valence-corrected chi connectivity index (χ2v) is 6.27. The van der Waals surface area contributed by atoms with Crippen LogP contribution in [0.15, 0.2) is 36.4 Å². The first-order valence-corrected chi connectivity index (χ1v) is 9.14. The molecule has 0 bridgehead atoms. The number of benzene rings is 2. The number of fused-ring (bicyclic) bond motifs is 1. The molecular formula is C22H23NO6. The molecule has 0 atom stereocenters. The van der Waals surface area contributed by atoms with Crippen molar-refractivity contribution in [1.29, 1.82) is 0 Å². The lowest BCUT2D eigenvalue weighted by Gasteiger charge is -2.16. The Kier molecular flexibility index (Phi) is 6.07. The van der Waals surface area contributed by atoms with Gasteiger partial charge >= 0.3 is 5.97 Å². The van der Waals surface area contributed by atoms with Gasteiger partial charge in [-0.2, -0.15) is 0 Å². The molecule has 3 rings (SSSR count). The lowest BCUT2D eigenvalue weighted by molar-refractivity contribution is 0.0698. The van der Waals surface area contributed by atoms with Gasteiger partial charge in [0.25, 0.3) is 0 Å². The third kappa shape index (κ3) is 3.89. The number of carboxylic acid groups (broad SMARTS) is 1. The van der Waals surface area contributed by atoms with Crippen LogP contribution in [0.4, 0.5) is 0 Å². The van der Waals surface area contributed by atoms with E-state index in [-0.39, 0.29) is 11.3 Å². The summed E-state index contributed by atoms with van der Waals surface area (Å²) >= 11 is 0. The minimum Gasteiger partial charge on any atom is -0.494 e. The minimum absolute atomic E-state index is 0.0640. The van der Waals surface area contributed by atoms with Gasteiger partial charge in [0, 0.05) is 11.6 Å². The van der Waals surface area contributed by atoms with Crippen molar-refractivity contribution >= 4 is 16.9 Å². The van der Waals surface area contributed by atoms with Crippen molar-refractivity contribution in [1.82, 2.24) is 4.98 Å². The Morgan fingerprint density at radius 2 is 1.69 bits per heavy atom. The smallest absolute Gasteiger partial charge is 0.336 e. The van der Waals surface area contributed by atoms with Gasteiger partial charge in [-0.1, -0.05) is 6.92 Å². The standard InChI is InChI=1S/C22H23NO6/c1-5-10-29-14-8-6-13(7-9-14)16-11-15(22(24)25)19-17(23-16)12-18(26-2)20(27-3)21(19)28-4/h6-9,11-12H,5,10H2,1-4H3,(H,24,25). The van der Waals surface area contributed by atoms with Gasteiger partial charge in [0.2, 0.25) is 5.75 Å². The van der Waals surface area contributed by atoms with E-state index in [1.165, 1.54) is 27.4 Å². The Balaban J connectivity index is 2.21. The molecule has 0 amide bonds. The van der Waals surface area contributed by atoms with Crippen molar-refractivity contribution in [3.63, 3.8) is 0 Å². The van der Waals surface area contributed by atoms with Gasteiger partial charge in [0.1, 0.15) is 5.75 Å². The van der Waals surface area contributed by atoms with E-state index >= 15 is 0 Å². The van der Waals surface area contributed by atoms with Gasteiger partial charge in [-0.15, -0.1) is 0 Å². The Morgan fingerprint density at radius 3 is 2.24 bits per heavy atom. The van der Waals surface area contributed by atoms with Gasteiger partial charge in [-0.05, 0) is 36.8 Å². The maximum absolute atomic E-state index is 12.0. The van der Waals surface area contributed by atoms with Crippen molar-refractivity contribution in [2.45, 2.75) is 13.3 Å². The lowest BCUT2D eigenvalue weighted by atomic mass is 10.0. The number of methoxy groups -OCH3 is 3. The van der Waals surface area contributed by atoms with Crippen LogP contribution < -0.4 is 18.9 Å². The SMILES string of the molecule is CCCOc1ccc(-c2cc(C(=O)O)c3c(OC)c(OC)c(OC)cc3n2)cc1. The Labute approximate surface area is 168 Å². The van der Waals surface area contributed by atoms with Crippen LogP contribution in [0.5, 0.6) is 23.0 Å². The van der Waals surface area contributed by atoms with Crippen molar-refractivity contribution < 1.29 is 28.8 Å². The summed E-state index contributed by atoms with van der Waals surface area (Å²) in [6, 6.07) is 10.6. The van der Waals surface area contributed by atoms with Crippen molar-refractivity contribution in [3.8, 4) is 34.3 Å². The predicted octanol–water partition coefficient (Wildman–Crippen LogP) is 4.41. The molecule has 7 nitrogen and oxygen atoms in total. The van der Waals surface area contributed by atoms with Crippen LogP contribution in [0.25, 0.3) is 22.2 Å². The molecule has 1 N–H and O–H groups in total. The zero-order chi connectivity index (χ0) is 21.0. The van der Waals surface area contributed by atoms with Gasteiger partial charge in [-0.25, -0.2) is 9.78 Å². The molecule has 0 aliphatic carbocycles. The van der Waals surface area contributed by atoms with E-state index in [1.54, 1.807) is 6.07 Å². The number of aromatic nitrogens is 1. The number of carboxylic acids is 1. The number of ether oxygens (including phenoxy) is 4. The van der Waals surface area contributed by atoms with Crippen molar-refractivity contribution in [2.75, 3.05) is 27.9 Å². The molecule has 0 unspecified atom stereocenters. The van der Waals surface area contributed by atoms with E-state index in [0.717, 1.165) is 17.7 Å². The van der Waals surface area contributed by atoms with Crippen LogP contribution in [0.3, 0.4) is 0 Å². The monoisotopic (exact) mass is 397 g/mol. The molecule has 0 radical (unpaired) electrons. The quantitative estimate of drug-likeness (QED) is 0.602. The van der Waals surface area contributed by atoms with Gasteiger partial charge in [0.15, 0.2) is 11.5 Å². The lowest BCUT2D eigenvalue weighted by Crippen LogP contribution is -2.04. The molecule has 1 heterocycles. The number of rotatable bonds is 8. The summed E-state index contributed by atoms with van der Waals surface area (Å²) in [6.45, 7) is 2.68. The molecule has 0 spiro atoms. The summed E-state index contributed by atoms with van der Waals surface area (Å²) in [5, 5.41) is 10.2. The fourth-order valence-electron chi connectivity index (χ4n) is 3.12. The first kappa shape index (κ1) is 20.3. The molecule has 2 aromatic carbocycles. The van der Waals surface area contributed by atoms with E-state index in [0.29, 0.717) is 34.7 Å². The van der Waals surface area contributed by atoms with Crippen LogP contribution in [0, 0.1) is 0 Å². The second-order valence-electron chi connectivity index (χ2n) is 6.27. The minimum atomic E-state index is -1.09. The molecular weight excluding hydrogens is 374 g/mol. The highest BCUT2D eigenvalue weighted by molar-refractivity contribution is 6.08. The highest BCUT2D eigenvalue weighted by Crippen LogP contribution is 2.44. The number of aromatic carboxylic acids is 1. The Hall–Kier alpha value is -3.48. The summed E-state index contributed by atoms with van der Waals surface area (Å²) in [6.07, 6.45) is 0.920. The average Bonchev–Trinajstić information content (AvgIpc) is 2.75.